The lowest BCUT2D eigenvalue weighted by molar-refractivity contribution is -0.118. The summed E-state index contributed by atoms with van der Waals surface area (Å²) < 4.78 is 51.3. The number of allylic oxidation sites excluding steroid dienone is 1. The van der Waals surface area contributed by atoms with Crippen molar-refractivity contribution in [1.29, 1.82) is 0 Å². The number of fused-ring (bicyclic) bond motifs is 1. The minimum atomic E-state index is -3.61. The van der Waals surface area contributed by atoms with Gasteiger partial charge in [0.2, 0.25) is 5.91 Å². The second-order valence-corrected chi connectivity index (χ2v) is 9.90. The second kappa shape index (κ2) is 10.1. The SMILES string of the molecule is C=CCn1c(=NC(=O)CCCS(=O)(=O)c2ccc(F)cc2)sc2c(OC)ccc(OC)c21. The molecule has 0 fully saturated rings. The molecular weight excluding hydrogens is 455 g/mol. The number of carbonyl (C=O) groups excluding carboxylic acids is 1. The van der Waals surface area contributed by atoms with Crippen molar-refractivity contribution in [2.45, 2.75) is 24.3 Å². The molecule has 2 aromatic carbocycles. The number of benzene rings is 2. The molecule has 3 rings (SSSR count). The molecule has 170 valence electrons. The van der Waals surface area contributed by atoms with E-state index in [0.29, 0.717) is 22.8 Å². The molecule has 32 heavy (non-hydrogen) atoms. The van der Waals surface area contributed by atoms with Crippen molar-refractivity contribution in [3.63, 3.8) is 0 Å². The molecule has 0 aliphatic heterocycles. The quantitative estimate of drug-likeness (QED) is 0.346. The van der Waals surface area contributed by atoms with Crippen molar-refractivity contribution in [3.05, 3.63) is 59.7 Å². The number of methoxy groups -OCH3 is 2. The number of ether oxygens (including phenoxy) is 2. The Balaban J connectivity index is 1.85. The lowest BCUT2D eigenvalue weighted by Gasteiger charge is -2.08. The molecule has 1 amide bonds. The van der Waals surface area contributed by atoms with Gasteiger partial charge in [-0.25, -0.2) is 12.8 Å². The van der Waals surface area contributed by atoms with E-state index in [2.05, 4.69) is 11.6 Å². The highest BCUT2D eigenvalue weighted by molar-refractivity contribution is 7.91. The Labute approximate surface area is 189 Å². The number of halogens is 1. The average Bonchev–Trinajstić information content (AvgIpc) is 3.11. The van der Waals surface area contributed by atoms with Gasteiger partial charge in [-0.15, -0.1) is 6.58 Å². The number of rotatable bonds is 9. The second-order valence-electron chi connectivity index (χ2n) is 6.81. The van der Waals surface area contributed by atoms with Crippen LogP contribution >= 0.6 is 11.3 Å². The van der Waals surface area contributed by atoms with Gasteiger partial charge in [-0.2, -0.15) is 4.99 Å². The summed E-state index contributed by atoms with van der Waals surface area (Å²) in [5.41, 5.74) is 0.738. The van der Waals surface area contributed by atoms with Crippen LogP contribution in [0.25, 0.3) is 10.2 Å². The first-order valence-electron chi connectivity index (χ1n) is 9.71. The predicted octanol–water partition coefficient (Wildman–Crippen LogP) is 3.73. The van der Waals surface area contributed by atoms with Crippen LogP contribution in [0.15, 0.2) is 58.9 Å². The predicted molar refractivity (Wildman–Crippen MR) is 121 cm³/mol. The number of aromatic nitrogens is 1. The molecule has 0 bridgehead atoms. The first-order valence-corrected chi connectivity index (χ1v) is 12.2. The number of carbonyl (C=O) groups is 1. The summed E-state index contributed by atoms with van der Waals surface area (Å²) in [6, 6.07) is 8.17. The molecule has 1 heterocycles. The zero-order chi connectivity index (χ0) is 23.3. The molecule has 0 saturated heterocycles. The van der Waals surface area contributed by atoms with Gasteiger partial charge in [0.1, 0.15) is 27.5 Å². The summed E-state index contributed by atoms with van der Waals surface area (Å²) in [5.74, 6) is 0.0470. The van der Waals surface area contributed by atoms with Crippen LogP contribution in [0.3, 0.4) is 0 Å². The number of hydrogen-bond acceptors (Lipinski definition) is 6. The van der Waals surface area contributed by atoms with Crippen LogP contribution in [0.1, 0.15) is 12.8 Å². The van der Waals surface area contributed by atoms with E-state index in [4.69, 9.17) is 9.47 Å². The maximum Gasteiger partial charge on any atom is 0.248 e. The lowest BCUT2D eigenvalue weighted by atomic mass is 10.3. The number of amides is 1. The van der Waals surface area contributed by atoms with Crippen LogP contribution in [0.5, 0.6) is 11.5 Å². The van der Waals surface area contributed by atoms with Crippen LogP contribution in [0, 0.1) is 5.82 Å². The Kier molecular flexibility index (Phi) is 7.47. The smallest absolute Gasteiger partial charge is 0.248 e. The maximum atomic E-state index is 13.0. The van der Waals surface area contributed by atoms with E-state index in [9.17, 15) is 17.6 Å². The van der Waals surface area contributed by atoms with E-state index in [1.54, 1.807) is 32.4 Å². The summed E-state index contributed by atoms with van der Waals surface area (Å²) in [5, 5.41) is 0. The van der Waals surface area contributed by atoms with Gasteiger partial charge in [-0.1, -0.05) is 17.4 Å². The van der Waals surface area contributed by atoms with Gasteiger partial charge in [0.05, 0.1) is 24.9 Å². The molecule has 3 aromatic rings. The van der Waals surface area contributed by atoms with Gasteiger partial charge >= 0.3 is 0 Å². The van der Waals surface area contributed by atoms with E-state index < -0.39 is 21.6 Å². The Hall–Kier alpha value is -2.98. The van der Waals surface area contributed by atoms with Gasteiger partial charge < -0.3 is 14.0 Å². The van der Waals surface area contributed by atoms with E-state index in [0.717, 1.165) is 22.3 Å². The molecule has 10 heteroatoms. The summed E-state index contributed by atoms with van der Waals surface area (Å²) in [7, 11) is -0.496. The van der Waals surface area contributed by atoms with Crippen molar-refractivity contribution >= 4 is 37.3 Å². The van der Waals surface area contributed by atoms with Gasteiger partial charge in [-0.3, -0.25) is 4.79 Å². The zero-order valence-corrected chi connectivity index (χ0v) is 19.3. The first-order chi connectivity index (χ1) is 15.3. The summed E-state index contributed by atoms with van der Waals surface area (Å²) in [6.07, 6.45) is 1.74. The molecule has 0 N–H and O–H groups in total. The largest absolute Gasteiger partial charge is 0.495 e. The van der Waals surface area contributed by atoms with Crippen LogP contribution < -0.4 is 14.3 Å². The minimum Gasteiger partial charge on any atom is -0.495 e. The zero-order valence-electron chi connectivity index (χ0n) is 17.7. The van der Waals surface area contributed by atoms with Crippen LogP contribution in [0.2, 0.25) is 0 Å². The van der Waals surface area contributed by atoms with E-state index in [1.807, 2.05) is 4.57 Å². The molecular formula is C22H23FN2O5S2. The standard InChI is InChI=1S/C22H23FN2O5S2/c1-4-13-25-20-17(29-2)11-12-18(30-3)21(20)31-22(25)24-19(26)6-5-14-32(27,28)16-9-7-15(23)8-10-16/h4,7-12H,1,5-6,13-14H2,2-3H3. The number of sulfone groups is 1. The number of nitrogens with zero attached hydrogens (tertiary/aromatic N) is 2. The first kappa shape index (κ1) is 23.7. The van der Waals surface area contributed by atoms with Crippen LogP contribution in [-0.4, -0.2) is 38.9 Å². The highest BCUT2D eigenvalue weighted by Crippen LogP contribution is 2.35. The Morgan fingerprint density at radius 1 is 1.16 bits per heavy atom. The fourth-order valence-electron chi connectivity index (χ4n) is 3.17. The van der Waals surface area contributed by atoms with Gasteiger partial charge in [0, 0.05) is 13.0 Å². The topological polar surface area (TPSA) is 87.0 Å². The molecule has 0 radical (unpaired) electrons. The van der Waals surface area contributed by atoms with Crippen molar-refractivity contribution in [3.8, 4) is 11.5 Å². The van der Waals surface area contributed by atoms with Gasteiger partial charge in [-0.05, 0) is 42.8 Å². The fraction of sp³-hybridized carbons (Fsp3) is 0.273. The molecule has 7 nitrogen and oxygen atoms in total. The summed E-state index contributed by atoms with van der Waals surface area (Å²) in [4.78, 5) is 17.2. The van der Waals surface area contributed by atoms with E-state index in [-0.39, 0.29) is 23.5 Å². The van der Waals surface area contributed by atoms with Crippen LogP contribution in [0.4, 0.5) is 4.39 Å². The van der Waals surface area contributed by atoms with Crippen molar-refractivity contribution in [2.24, 2.45) is 4.99 Å². The monoisotopic (exact) mass is 478 g/mol. The highest BCUT2D eigenvalue weighted by Gasteiger charge is 2.17. The Morgan fingerprint density at radius 2 is 1.81 bits per heavy atom. The summed E-state index contributed by atoms with van der Waals surface area (Å²) in [6.45, 7) is 4.16. The average molecular weight is 479 g/mol. The Morgan fingerprint density at radius 3 is 2.44 bits per heavy atom. The molecule has 0 saturated carbocycles. The minimum absolute atomic E-state index is 0.0239. The van der Waals surface area contributed by atoms with Crippen LogP contribution in [-0.2, 0) is 21.2 Å². The lowest BCUT2D eigenvalue weighted by Crippen LogP contribution is -2.17. The molecule has 0 spiro atoms. The van der Waals surface area contributed by atoms with Crippen molar-refractivity contribution in [2.75, 3.05) is 20.0 Å². The van der Waals surface area contributed by atoms with Crippen molar-refractivity contribution in [1.82, 2.24) is 4.57 Å². The fourth-order valence-corrected chi connectivity index (χ4v) is 5.65. The third kappa shape index (κ3) is 5.08. The molecule has 0 atom stereocenters. The van der Waals surface area contributed by atoms with Crippen molar-refractivity contribution < 1.29 is 27.1 Å². The van der Waals surface area contributed by atoms with E-state index in [1.165, 1.54) is 23.5 Å². The number of thiazole rings is 1. The molecule has 0 unspecified atom stereocenters. The van der Waals surface area contributed by atoms with Gasteiger partial charge in [0.25, 0.3) is 0 Å². The third-order valence-electron chi connectivity index (χ3n) is 4.70. The molecule has 1 aromatic heterocycles. The molecule has 0 aliphatic carbocycles. The normalized spacial score (nSPS) is 12.2. The summed E-state index contributed by atoms with van der Waals surface area (Å²) >= 11 is 1.28. The van der Waals surface area contributed by atoms with Gasteiger partial charge in [0.15, 0.2) is 14.6 Å². The third-order valence-corrected chi connectivity index (χ3v) is 7.61. The number of hydrogen-bond donors (Lipinski definition) is 0. The highest BCUT2D eigenvalue weighted by atomic mass is 32.2. The molecule has 0 aliphatic rings. The Bertz CT molecular complexity index is 1310. The maximum absolute atomic E-state index is 13.0. The van der Waals surface area contributed by atoms with E-state index >= 15 is 0 Å².